The summed E-state index contributed by atoms with van der Waals surface area (Å²) in [5.41, 5.74) is 1.96. The van der Waals surface area contributed by atoms with E-state index in [-0.39, 0.29) is 5.91 Å². The molecule has 104 valence electrons. The lowest BCUT2D eigenvalue weighted by atomic mass is 10.1. The summed E-state index contributed by atoms with van der Waals surface area (Å²) in [6.07, 6.45) is 6.13. The number of hydrogen-bond acceptors (Lipinski definition) is 1. The molecule has 0 radical (unpaired) electrons. The highest BCUT2D eigenvalue weighted by Gasteiger charge is 2.28. The lowest BCUT2D eigenvalue weighted by Gasteiger charge is -2.17. The summed E-state index contributed by atoms with van der Waals surface area (Å²) >= 11 is 0. The Morgan fingerprint density at radius 2 is 1.70 bits per heavy atom. The van der Waals surface area contributed by atoms with Crippen LogP contribution in [0.2, 0.25) is 0 Å². The molecule has 1 aliphatic heterocycles. The molecule has 1 heterocycles. The first-order chi connectivity index (χ1) is 9.83. The molecule has 2 nitrogen and oxygen atoms in total. The molecule has 1 amide bonds. The Balaban J connectivity index is 1.79. The molecule has 0 spiro atoms. The van der Waals surface area contributed by atoms with E-state index in [1.165, 1.54) is 31.1 Å². The van der Waals surface area contributed by atoms with Crippen LogP contribution in [-0.2, 0) is 0 Å². The molecule has 0 saturated carbocycles. The third-order valence-electron chi connectivity index (χ3n) is 4.13. The molecule has 0 N–H and O–H groups in total. The monoisotopic (exact) mass is 267 g/mol. The van der Waals surface area contributed by atoms with Gasteiger partial charge in [0.15, 0.2) is 0 Å². The summed E-state index contributed by atoms with van der Waals surface area (Å²) in [5.74, 6) is 0.173. The number of hydrogen-bond donors (Lipinski definition) is 0. The van der Waals surface area contributed by atoms with Gasteiger partial charge in [0.05, 0.1) is 5.69 Å². The molecule has 0 atom stereocenters. The van der Waals surface area contributed by atoms with Gasteiger partial charge in [0.1, 0.15) is 0 Å². The van der Waals surface area contributed by atoms with Crippen molar-refractivity contribution in [3.63, 3.8) is 0 Å². The standard InChI is InChI=1S/C18H21NO/c1-2-3-4-5-6-13-19-16-12-8-10-14-9-7-11-15(17(14)16)18(19)20/h7-12H,2-6,13H2,1H3. The number of carbonyl (C=O) groups is 1. The molecular formula is C18H21NO. The van der Waals surface area contributed by atoms with Crippen molar-refractivity contribution in [1.82, 2.24) is 0 Å². The van der Waals surface area contributed by atoms with Crippen LogP contribution < -0.4 is 4.90 Å². The molecule has 0 aliphatic carbocycles. The maximum atomic E-state index is 12.5. The molecule has 1 aliphatic rings. The first-order valence-electron chi connectivity index (χ1n) is 7.66. The minimum absolute atomic E-state index is 0.173. The maximum absolute atomic E-state index is 12.5. The van der Waals surface area contributed by atoms with E-state index in [2.05, 4.69) is 25.1 Å². The van der Waals surface area contributed by atoms with Crippen LogP contribution in [0.4, 0.5) is 5.69 Å². The third kappa shape index (κ3) is 2.20. The summed E-state index contributed by atoms with van der Waals surface area (Å²) in [4.78, 5) is 14.5. The lowest BCUT2D eigenvalue weighted by Crippen LogP contribution is -2.27. The fourth-order valence-electron chi connectivity index (χ4n) is 3.07. The topological polar surface area (TPSA) is 20.3 Å². The van der Waals surface area contributed by atoms with Crippen LogP contribution in [0.1, 0.15) is 49.4 Å². The Morgan fingerprint density at radius 3 is 2.50 bits per heavy atom. The van der Waals surface area contributed by atoms with Crippen molar-refractivity contribution >= 4 is 22.4 Å². The number of amides is 1. The lowest BCUT2D eigenvalue weighted by molar-refractivity contribution is 0.0992. The Bertz CT molecular complexity index is 627. The van der Waals surface area contributed by atoms with Gasteiger partial charge in [-0.3, -0.25) is 4.79 Å². The molecule has 0 aromatic heterocycles. The first kappa shape index (κ1) is 13.2. The highest BCUT2D eigenvalue weighted by atomic mass is 16.2. The van der Waals surface area contributed by atoms with Crippen LogP contribution in [0.3, 0.4) is 0 Å². The predicted molar refractivity (Wildman–Crippen MR) is 84.4 cm³/mol. The van der Waals surface area contributed by atoms with Crippen molar-refractivity contribution in [2.75, 3.05) is 11.4 Å². The van der Waals surface area contributed by atoms with Crippen LogP contribution in [0.15, 0.2) is 36.4 Å². The van der Waals surface area contributed by atoms with Crippen molar-refractivity contribution in [3.8, 4) is 0 Å². The molecule has 2 aromatic carbocycles. The number of nitrogens with zero attached hydrogens (tertiary/aromatic N) is 1. The molecule has 0 unspecified atom stereocenters. The van der Waals surface area contributed by atoms with E-state index >= 15 is 0 Å². The highest BCUT2D eigenvalue weighted by Crippen LogP contribution is 2.37. The van der Waals surface area contributed by atoms with Crippen molar-refractivity contribution in [2.45, 2.75) is 39.0 Å². The molecule has 0 bridgehead atoms. The zero-order valence-corrected chi connectivity index (χ0v) is 12.1. The molecule has 0 saturated heterocycles. The third-order valence-corrected chi connectivity index (χ3v) is 4.13. The number of rotatable bonds is 6. The Labute approximate surface area is 120 Å². The van der Waals surface area contributed by atoms with E-state index in [1.54, 1.807) is 0 Å². The van der Waals surface area contributed by atoms with Crippen molar-refractivity contribution in [2.24, 2.45) is 0 Å². The van der Waals surface area contributed by atoms with Crippen LogP contribution in [0.5, 0.6) is 0 Å². The second-order valence-corrected chi connectivity index (χ2v) is 5.55. The predicted octanol–water partition coefficient (Wildman–Crippen LogP) is 4.77. The summed E-state index contributed by atoms with van der Waals surface area (Å²) in [7, 11) is 0. The van der Waals surface area contributed by atoms with E-state index in [0.29, 0.717) is 0 Å². The summed E-state index contributed by atoms with van der Waals surface area (Å²) < 4.78 is 0. The molecule has 0 fully saturated rings. The minimum Gasteiger partial charge on any atom is -0.308 e. The molecule has 2 heteroatoms. The van der Waals surface area contributed by atoms with Gasteiger partial charge < -0.3 is 4.90 Å². The van der Waals surface area contributed by atoms with Gasteiger partial charge >= 0.3 is 0 Å². The SMILES string of the molecule is CCCCCCCN1C(=O)c2cccc3cccc1c23. The highest BCUT2D eigenvalue weighted by molar-refractivity contribution is 6.24. The summed E-state index contributed by atoms with van der Waals surface area (Å²) in [6.45, 7) is 3.07. The van der Waals surface area contributed by atoms with Gasteiger partial charge in [0.2, 0.25) is 0 Å². The molecule has 2 aromatic rings. The molecular weight excluding hydrogens is 246 g/mol. The van der Waals surface area contributed by atoms with Gasteiger partial charge in [-0.15, -0.1) is 0 Å². The summed E-state index contributed by atoms with van der Waals surface area (Å²) in [5, 5.41) is 2.30. The van der Waals surface area contributed by atoms with Gasteiger partial charge in [-0.05, 0) is 23.9 Å². The van der Waals surface area contributed by atoms with Crippen molar-refractivity contribution in [1.29, 1.82) is 0 Å². The van der Waals surface area contributed by atoms with Crippen LogP contribution in [0.25, 0.3) is 10.8 Å². The number of carbonyl (C=O) groups excluding carboxylic acids is 1. The minimum atomic E-state index is 0.173. The van der Waals surface area contributed by atoms with Crippen LogP contribution >= 0.6 is 0 Å². The van der Waals surface area contributed by atoms with Gasteiger partial charge in [0, 0.05) is 17.5 Å². The Kier molecular flexibility index (Phi) is 3.72. The van der Waals surface area contributed by atoms with E-state index in [0.717, 1.165) is 29.6 Å². The Hall–Kier alpha value is -1.83. The zero-order chi connectivity index (χ0) is 13.9. The van der Waals surface area contributed by atoms with Gasteiger partial charge in [-0.2, -0.15) is 0 Å². The van der Waals surface area contributed by atoms with Crippen LogP contribution in [-0.4, -0.2) is 12.5 Å². The van der Waals surface area contributed by atoms with E-state index in [4.69, 9.17) is 0 Å². The Morgan fingerprint density at radius 1 is 0.950 bits per heavy atom. The average Bonchev–Trinajstić information content (AvgIpc) is 2.75. The van der Waals surface area contributed by atoms with E-state index in [1.807, 2.05) is 23.1 Å². The molecule has 20 heavy (non-hydrogen) atoms. The quantitative estimate of drug-likeness (QED) is 0.690. The van der Waals surface area contributed by atoms with Gasteiger partial charge in [0.25, 0.3) is 5.91 Å². The van der Waals surface area contributed by atoms with Crippen LogP contribution in [0, 0.1) is 0 Å². The average molecular weight is 267 g/mol. The fraction of sp³-hybridized carbons (Fsp3) is 0.389. The molecule has 3 rings (SSSR count). The van der Waals surface area contributed by atoms with E-state index < -0.39 is 0 Å². The van der Waals surface area contributed by atoms with E-state index in [9.17, 15) is 4.79 Å². The first-order valence-corrected chi connectivity index (χ1v) is 7.66. The number of anilines is 1. The van der Waals surface area contributed by atoms with Crippen molar-refractivity contribution in [3.05, 3.63) is 42.0 Å². The van der Waals surface area contributed by atoms with Gasteiger partial charge in [-0.1, -0.05) is 56.9 Å². The fourth-order valence-corrected chi connectivity index (χ4v) is 3.07. The second kappa shape index (κ2) is 5.66. The number of benzene rings is 2. The maximum Gasteiger partial charge on any atom is 0.258 e. The largest absolute Gasteiger partial charge is 0.308 e. The second-order valence-electron chi connectivity index (χ2n) is 5.55. The normalized spacial score (nSPS) is 13.4. The smallest absolute Gasteiger partial charge is 0.258 e. The van der Waals surface area contributed by atoms with Gasteiger partial charge in [-0.25, -0.2) is 0 Å². The van der Waals surface area contributed by atoms with Crippen molar-refractivity contribution < 1.29 is 4.79 Å². The summed E-state index contributed by atoms with van der Waals surface area (Å²) in [6, 6.07) is 12.2. The zero-order valence-electron chi connectivity index (χ0n) is 12.1. The number of unbranched alkanes of at least 4 members (excludes halogenated alkanes) is 4.